The van der Waals surface area contributed by atoms with Gasteiger partial charge in [-0.05, 0) is 6.07 Å². The van der Waals surface area contributed by atoms with Crippen LogP contribution in [0.3, 0.4) is 0 Å². The maximum Gasteiger partial charge on any atom is 0.271 e. The van der Waals surface area contributed by atoms with Gasteiger partial charge in [0.1, 0.15) is 0 Å². The number of aromatic nitrogens is 2. The third kappa shape index (κ3) is 2.15. The number of nitro groups is 1. The molecule has 7 nitrogen and oxygen atoms in total. The van der Waals surface area contributed by atoms with Gasteiger partial charge in [0.05, 0.1) is 16.2 Å². The quantitative estimate of drug-likeness (QED) is 0.507. The molecule has 0 radical (unpaired) electrons. The van der Waals surface area contributed by atoms with Gasteiger partial charge in [-0.1, -0.05) is 19.0 Å². The lowest BCUT2D eigenvalue weighted by molar-refractivity contribution is -0.384. The summed E-state index contributed by atoms with van der Waals surface area (Å²) < 4.78 is 5.08. The number of anilines is 1. The summed E-state index contributed by atoms with van der Waals surface area (Å²) in [5, 5.41) is 14.4. The van der Waals surface area contributed by atoms with E-state index in [1.165, 1.54) is 18.2 Å². The van der Waals surface area contributed by atoms with E-state index in [1.54, 1.807) is 0 Å². The van der Waals surface area contributed by atoms with E-state index in [0.717, 1.165) is 0 Å². The molecule has 0 unspecified atom stereocenters. The highest BCUT2D eigenvalue weighted by atomic mass is 16.6. The maximum atomic E-state index is 10.6. The Labute approximate surface area is 103 Å². The predicted molar refractivity (Wildman–Crippen MR) is 64.9 cm³/mol. The van der Waals surface area contributed by atoms with Crippen LogP contribution in [0.5, 0.6) is 0 Å². The van der Waals surface area contributed by atoms with Crippen molar-refractivity contribution in [2.75, 3.05) is 5.73 Å². The molecule has 2 N–H and O–H groups in total. The van der Waals surface area contributed by atoms with Crippen molar-refractivity contribution in [1.29, 1.82) is 0 Å². The van der Waals surface area contributed by atoms with Crippen LogP contribution in [0.15, 0.2) is 22.7 Å². The first-order valence-corrected chi connectivity index (χ1v) is 5.37. The fourth-order valence-corrected chi connectivity index (χ4v) is 1.44. The third-order valence-corrected chi connectivity index (χ3v) is 2.43. The highest BCUT2D eigenvalue weighted by molar-refractivity contribution is 5.72. The SMILES string of the molecule is CC(C)c1noc(-c2ccc([N+](=O)[O-])cc2N)n1. The van der Waals surface area contributed by atoms with Crippen molar-refractivity contribution in [1.82, 2.24) is 10.1 Å². The van der Waals surface area contributed by atoms with Crippen LogP contribution in [0.25, 0.3) is 11.5 Å². The molecule has 0 fully saturated rings. The van der Waals surface area contributed by atoms with Crippen LogP contribution in [0, 0.1) is 10.1 Å². The van der Waals surface area contributed by atoms with Crippen molar-refractivity contribution in [3.05, 3.63) is 34.1 Å². The van der Waals surface area contributed by atoms with E-state index in [-0.39, 0.29) is 23.2 Å². The number of nitro benzene ring substituents is 1. The molecule has 1 aromatic carbocycles. The molecule has 2 rings (SSSR count). The molecule has 1 aromatic heterocycles. The van der Waals surface area contributed by atoms with Crippen molar-refractivity contribution in [3.8, 4) is 11.5 Å². The van der Waals surface area contributed by atoms with E-state index in [9.17, 15) is 10.1 Å². The van der Waals surface area contributed by atoms with Gasteiger partial charge in [0.15, 0.2) is 5.82 Å². The van der Waals surface area contributed by atoms with Gasteiger partial charge in [-0.3, -0.25) is 10.1 Å². The van der Waals surface area contributed by atoms with Crippen molar-refractivity contribution in [2.45, 2.75) is 19.8 Å². The molecule has 18 heavy (non-hydrogen) atoms. The van der Waals surface area contributed by atoms with Gasteiger partial charge in [-0.15, -0.1) is 0 Å². The van der Waals surface area contributed by atoms with E-state index in [4.69, 9.17) is 10.3 Å². The van der Waals surface area contributed by atoms with E-state index < -0.39 is 4.92 Å². The number of hydrogen-bond acceptors (Lipinski definition) is 6. The lowest BCUT2D eigenvalue weighted by Gasteiger charge is -2.00. The molecule has 0 spiro atoms. The Morgan fingerprint density at radius 3 is 2.67 bits per heavy atom. The molecular formula is C11H12N4O3. The van der Waals surface area contributed by atoms with Gasteiger partial charge in [0.25, 0.3) is 11.6 Å². The summed E-state index contributed by atoms with van der Waals surface area (Å²) in [6, 6.07) is 4.13. The molecular weight excluding hydrogens is 236 g/mol. The van der Waals surface area contributed by atoms with Gasteiger partial charge >= 0.3 is 0 Å². The largest absolute Gasteiger partial charge is 0.398 e. The second-order valence-corrected chi connectivity index (χ2v) is 4.14. The van der Waals surface area contributed by atoms with Crippen molar-refractivity contribution < 1.29 is 9.45 Å². The molecule has 7 heteroatoms. The molecule has 0 aliphatic rings. The second kappa shape index (κ2) is 4.44. The number of nitrogen functional groups attached to an aromatic ring is 1. The molecule has 0 atom stereocenters. The number of hydrogen-bond donors (Lipinski definition) is 1. The van der Waals surface area contributed by atoms with Gasteiger partial charge in [-0.2, -0.15) is 4.98 Å². The van der Waals surface area contributed by atoms with Crippen molar-refractivity contribution in [3.63, 3.8) is 0 Å². The molecule has 94 valence electrons. The molecule has 0 bridgehead atoms. The van der Waals surface area contributed by atoms with Gasteiger partial charge in [0.2, 0.25) is 0 Å². The smallest absolute Gasteiger partial charge is 0.271 e. The summed E-state index contributed by atoms with van der Waals surface area (Å²) in [4.78, 5) is 14.3. The number of benzene rings is 1. The Kier molecular flexibility index (Phi) is 2.97. The monoisotopic (exact) mass is 248 g/mol. The summed E-state index contributed by atoms with van der Waals surface area (Å²) in [6.45, 7) is 3.88. The van der Waals surface area contributed by atoms with E-state index in [1.807, 2.05) is 13.8 Å². The summed E-state index contributed by atoms with van der Waals surface area (Å²) in [6.07, 6.45) is 0. The number of nitrogens with zero attached hydrogens (tertiary/aromatic N) is 3. The van der Waals surface area contributed by atoms with Crippen LogP contribution in [0.1, 0.15) is 25.6 Å². The Morgan fingerprint density at radius 1 is 1.44 bits per heavy atom. The first-order valence-electron chi connectivity index (χ1n) is 5.37. The lowest BCUT2D eigenvalue weighted by Crippen LogP contribution is -1.94. The van der Waals surface area contributed by atoms with E-state index in [2.05, 4.69) is 10.1 Å². The fourth-order valence-electron chi connectivity index (χ4n) is 1.44. The Bertz CT molecular complexity index is 592. The molecule has 0 aliphatic carbocycles. The average Bonchev–Trinajstić information content (AvgIpc) is 2.78. The summed E-state index contributed by atoms with van der Waals surface area (Å²) in [5.41, 5.74) is 6.41. The van der Waals surface area contributed by atoms with Gasteiger partial charge in [0, 0.05) is 18.1 Å². The normalized spacial score (nSPS) is 10.8. The molecule has 0 amide bonds. The highest BCUT2D eigenvalue weighted by Gasteiger charge is 2.16. The molecule has 0 aliphatic heterocycles. The first kappa shape index (κ1) is 12.0. The Morgan fingerprint density at radius 2 is 2.17 bits per heavy atom. The number of rotatable bonds is 3. The average molecular weight is 248 g/mol. The highest BCUT2D eigenvalue weighted by Crippen LogP contribution is 2.28. The minimum absolute atomic E-state index is 0.0696. The van der Waals surface area contributed by atoms with E-state index >= 15 is 0 Å². The predicted octanol–water partition coefficient (Wildman–Crippen LogP) is 2.35. The topological polar surface area (TPSA) is 108 Å². The maximum absolute atomic E-state index is 10.6. The molecule has 0 saturated heterocycles. The van der Waals surface area contributed by atoms with Crippen LogP contribution in [0.4, 0.5) is 11.4 Å². The van der Waals surface area contributed by atoms with Crippen LogP contribution < -0.4 is 5.73 Å². The zero-order valence-electron chi connectivity index (χ0n) is 9.95. The molecule has 0 saturated carbocycles. The van der Waals surface area contributed by atoms with Crippen molar-refractivity contribution in [2.24, 2.45) is 0 Å². The van der Waals surface area contributed by atoms with Gasteiger partial charge in [-0.25, -0.2) is 0 Å². The van der Waals surface area contributed by atoms with Crippen LogP contribution in [-0.4, -0.2) is 15.1 Å². The molecule has 1 heterocycles. The Balaban J connectivity index is 2.41. The van der Waals surface area contributed by atoms with Crippen LogP contribution >= 0.6 is 0 Å². The lowest BCUT2D eigenvalue weighted by atomic mass is 10.1. The zero-order chi connectivity index (χ0) is 13.3. The summed E-state index contributed by atoms with van der Waals surface area (Å²) in [5.74, 6) is 0.982. The first-order chi connectivity index (χ1) is 8.49. The van der Waals surface area contributed by atoms with Crippen molar-refractivity contribution >= 4 is 11.4 Å². The minimum Gasteiger partial charge on any atom is -0.398 e. The number of non-ortho nitro benzene ring substituents is 1. The second-order valence-electron chi connectivity index (χ2n) is 4.14. The van der Waals surface area contributed by atoms with E-state index in [0.29, 0.717) is 11.4 Å². The zero-order valence-corrected chi connectivity index (χ0v) is 9.95. The van der Waals surface area contributed by atoms with Crippen LogP contribution in [0.2, 0.25) is 0 Å². The standard InChI is InChI=1S/C11H12N4O3/c1-6(2)10-13-11(18-14-10)8-4-3-7(15(16)17)5-9(8)12/h3-6H,12H2,1-2H3. The Hall–Kier alpha value is -2.44. The third-order valence-electron chi connectivity index (χ3n) is 2.43. The van der Waals surface area contributed by atoms with Crippen LogP contribution in [-0.2, 0) is 0 Å². The molecule has 2 aromatic rings. The van der Waals surface area contributed by atoms with Gasteiger partial charge < -0.3 is 10.3 Å². The minimum atomic E-state index is -0.506. The summed E-state index contributed by atoms with van der Waals surface area (Å²) in [7, 11) is 0. The number of nitrogens with two attached hydrogens (primary N) is 1. The summed E-state index contributed by atoms with van der Waals surface area (Å²) >= 11 is 0. The fraction of sp³-hybridized carbons (Fsp3) is 0.273.